The Bertz CT molecular complexity index is 610. The van der Waals surface area contributed by atoms with Crippen LogP contribution in [0.1, 0.15) is 27.2 Å². The van der Waals surface area contributed by atoms with E-state index in [0.717, 1.165) is 0 Å². The van der Waals surface area contributed by atoms with Crippen molar-refractivity contribution in [1.29, 1.82) is 0 Å². The molecule has 180 valence electrons. The molecule has 1 rings (SSSR count). The van der Waals surface area contributed by atoms with Gasteiger partial charge in [-0.3, -0.25) is 14.5 Å². The first-order valence-corrected chi connectivity index (χ1v) is 10.2. The second-order valence-electron chi connectivity index (χ2n) is 8.27. The van der Waals surface area contributed by atoms with Gasteiger partial charge in [0.2, 0.25) is 0 Å². The molecule has 0 spiro atoms. The minimum absolute atomic E-state index is 0.0636. The molecule has 2 amide bonds. The van der Waals surface area contributed by atoms with Gasteiger partial charge in [0.25, 0.3) is 0 Å². The summed E-state index contributed by atoms with van der Waals surface area (Å²) in [6, 6.07) is 0. The highest BCUT2D eigenvalue weighted by Crippen LogP contribution is 2.14. The normalized spacial score (nSPS) is 17.3. The molecule has 0 aromatic heterocycles. The molecule has 1 aliphatic rings. The van der Waals surface area contributed by atoms with Crippen molar-refractivity contribution in [1.82, 2.24) is 20.0 Å². The van der Waals surface area contributed by atoms with E-state index in [0.29, 0.717) is 52.2 Å². The molecule has 0 radical (unpaired) electrons. The number of methoxy groups -OCH3 is 1. The molecule has 1 aliphatic heterocycles. The van der Waals surface area contributed by atoms with E-state index in [-0.39, 0.29) is 13.1 Å². The summed E-state index contributed by atoms with van der Waals surface area (Å²) in [6.07, 6.45) is -5.06. The highest BCUT2D eigenvalue weighted by Gasteiger charge is 2.38. The van der Waals surface area contributed by atoms with E-state index < -0.39 is 29.7 Å². The van der Waals surface area contributed by atoms with Crippen LogP contribution >= 0.6 is 0 Å². The Hall–Kier alpha value is -2.08. The topological polar surface area (TPSA) is 91.4 Å². The van der Waals surface area contributed by atoms with Crippen molar-refractivity contribution in [2.24, 2.45) is 0 Å². The number of carbonyl (C=O) groups is 3. The van der Waals surface area contributed by atoms with Gasteiger partial charge in [-0.05, 0) is 33.7 Å². The SMILES string of the molecule is COC(=O)CN1CCN(CCCNC(=O)C(F)(F)F)CCN(C(=O)OC(C)(C)C)CC1. The van der Waals surface area contributed by atoms with E-state index in [2.05, 4.69) is 0 Å². The average Bonchev–Trinajstić information content (AvgIpc) is 2.74. The number of hydrogen-bond acceptors (Lipinski definition) is 7. The van der Waals surface area contributed by atoms with Crippen molar-refractivity contribution in [3.05, 3.63) is 0 Å². The zero-order valence-electron chi connectivity index (χ0n) is 18.6. The van der Waals surface area contributed by atoms with E-state index in [1.54, 1.807) is 25.7 Å². The van der Waals surface area contributed by atoms with E-state index in [9.17, 15) is 27.6 Å². The third-order valence-corrected chi connectivity index (χ3v) is 4.53. The van der Waals surface area contributed by atoms with Gasteiger partial charge in [0, 0.05) is 45.8 Å². The fourth-order valence-corrected chi connectivity index (χ4v) is 2.89. The van der Waals surface area contributed by atoms with E-state index in [4.69, 9.17) is 9.47 Å². The summed E-state index contributed by atoms with van der Waals surface area (Å²) in [5.74, 6) is -2.36. The lowest BCUT2D eigenvalue weighted by Crippen LogP contribution is -2.43. The number of rotatable bonds is 6. The summed E-state index contributed by atoms with van der Waals surface area (Å²) < 4.78 is 47.0. The first kappa shape index (κ1) is 27.0. The minimum atomic E-state index is -4.90. The summed E-state index contributed by atoms with van der Waals surface area (Å²) in [5.41, 5.74) is -0.655. The van der Waals surface area contributed by atoms with E-state index in [1.165, 1.54) is 7.11 Å². The van der Waals surface area contributed by atoms with Crippen molar-refractivity contribution in [2.45, 2.75) is 39.0 Å². The number of carbonyl (C=O) groups excluding carboxylic acids is 3. The minimum Gasteiger partial charge on any atom is -0.468 e. The number of ether oxygens (including phenoxy) is 2. The van der Waals surface area contributed by atoms with Crippen LogP contribution in [0.3, 0.4) is 0 Å². The Labute approximate surface area is 180 Å². The molecule has 0 atom stereocenters. The van der Waals surface area contributed by atoms with Crippen LogP contribution in [0, 0.1) is 0 Å². The van der Waals surface area contributed by atoms with Gasteiger partial charge < -0.3 is 24.6 Å². The average molecular weight is 454 g/mol. The summed E-state index contributed by atoms with van der Waals surface area (Å²) in [4.78, 5) is 40.5. The van der Waals surface area contributed by atoms with Gasteiger partial charge in [-0.2, -0.15) is 13.2 Å². The maximum absolute atomic E-state index is 12.5. The van der Waals surface area contributed by atoms with Gasteiger partial charge >= 0.3 is 24.1 Å². The predicted molar refractivity (Wildman–Crippen MR) is 106 cm³/mol. The number of alkyl halides is 3. The van der Waals surface area contributed by atoms with Gasteiger partial charge in [-0.25, -0.2) is 4.79 Å². The van der Waals surface area contributed by atoms with Crippen LogP contribution < -0.4 is 5.32 Å². The number of esters is 1. The van der Waals surface area contributed by atoms with Crippen LogP contribution in [0.4, 0.5) is 18.0 Å². The molecule has 0 aromatic rings. The predicted octanol–water partition coefficient (Wildman–Crippen LogP) is 1.08. The summed E-state index contributed by atoms with van der Waals surface area (Å²) in [6.45, 7) is 8.42. The molecule has 1 N–H and O–H groups in total. The van der Waals surface area contributed by atoms with Crippen LogP contribution in [0.5, 0.6) is 0 Å². The molecule has 0 unspecified atom stereocenters. The molecule has 1 heterocycles. The van der Waals surface area contributed by atoms with Crippen molar-refractivity contribution in [3.8, 4) is 0 Å². The van der Waals surface area contributed by atoms with Crippen LogP contribution in [0.2, 0.25) is 0 Å². The zero-order chi connectivity index (χ0) is 23.7. The highest BCUT2D eigenvalue weighted by atomic mass is 19.4. The van der Waals surface area contributed by atoms with Crippen molar-refractivity contribution in [3.63, 3.8) is 0 Å². The molecule has 0 saturated carbocycles. The maximum Gasteiger partial charge on any atom is 0.471 e. The summed E-state index contributed by atoms with van der Waals surface area (Å²) in [7, 11) is 1.30. The number of halogens is 3. The first-order chi connectivity index (χ1) is 14.3. The second kappa shape index (κ2) is 12.1. The first-order valence-electron chi connectivity index (χ1n) is 10.2. The van der Waals surface area contributed by atoms with Crippen molar-refractivity contribution in [2.75, 3.05) is 66.0 Å². The Morgan fingerprint density at radius 2 is 1.48 bits per heavy atom. The highest BCUT2D eigenvalue weighted by molar-refractivity contribution is 5.81. The molecule has 31 heavy (non-hydrogen) atoms. The molecule has 0 bridgehead atoms. The van der Waals surface area contributed by atoms with Gasteiger partial charge in [0.15, 0.2) is 0 Å². The van der Waals surface area contributed by atoms with Crippen LogP contribution in [-0.2, 0) is 19.1 Å². The molecule has 1 saturated heterocycles. The van der Waals surface area contributed by atoms with Crippen LogP contribution in [-0.4, -0.2) is 110 Å². The molecular formula is C19H33F3N4O5. The third-order valence-electron chi connectivity index (χ3n) is 4.53. The Morgan fingerprint density at radius 3 is 2.03 bits per heavy atom. The molecule has 12 heteroatoms. The molecule has 1 fully saturated rings. The molecule has 9 nitrogen and oxygen atoms in total. The largest absolute Gasteiger partial charge is 0.471 e. The quantitative estimate of drug-likeness (QED) is 0.474. The van der Waals surface area contributed by atoms with Gasteiger partial charge in [-0.15, -0.1) is 0 Å². The Kier molecular flexibility index (Phi) is 10.5. The lowest BCUT2D eigenvalue weighted by Gasteiger charge is -2.29. The standard InChI is InChI=1S/C19H33F3N4O5/c1-18(2,3)31-17(29)26-12-10-24(7-5-6-23-16(28)19(20,21)22)8-9-25(11-13-26)14-15(27)30-4/h5-14H2,1-4H3,(H,23,28). The van der Waals surface area contributed by atoms with Crippen LogP contribution in [0.15, 0.2) is 0 Å². The fraction of sp³-hybridized carbons (Fsp3) is 0.842. The molecular weight excluding hydrogens is 421 g/mol. The summed E-state index contributed by atoms with van der Waals surface area (Å²) >= 11 is 0. The van der Waals surface area contributed by atoms with Crippen molar-refractivity contribution >= 4 is 18.0 Å². The lowest BCUT2D eigenvalue weighted by molar-refractivity contribution is -0.173. The molecule has 0 aromatic carbocycles. The molecule has 0 aliphatic carbocycles. The van der Waals surface area contributed by atoms with Crippen molar-refractivity contribution < 1.29 is 37.0 Å². The fourth-order valence-electron chi connectivity index (χ4n) is 2.89. The van der Waals surface area contributed by atoms with E-state index >= 15 is 0 Å². The maximum atomic E-state index is 12.5. The van der Waals surface area contributed by atoms with Gasteiger partial charge in [0.05, 0.1) is 13.7 Å². The Balaban J connectivity index is 2.71. The zero-order valence-corrected chi connectivity index (χ0v) is 18.6. The van der Waals surface area contributed by atoms with E-state index in [1.807, 2.05) is 15.1 Å². The number of nitrogens with zero attached hydrogens (tertiary/aromatic N) is 3. The smallest absolute Gasteiger partial charge is 0.468 e. The number of amides is 2. The van der Waals surface area contributed by atoms with Gasteiger partial charge in [0.1, 0.15) is 5.60 Å². The number of hydrogen-bond donors (Lipinski definition) is 1. The van der Waals surface area contributed by atoms with Crippen LogP contribution in [0.25, 0.3) is 0 Å². The Morgan fingerprint density at radius 1 is 0.935 bits per heavy atom. The third kappa shape index (κ3) is 11.2. The monoisotopic (exact) mass is 454 g/mol. The second-order valence-corrected chi connectivity index (χ2v) is 8.27. The number of nitrogens with one attached hydrogen (secondary N) is 1. The lowest BCUT2D eigenvalue weighted by atomic mass is 10.2. The van der Waals surface area contributed by atoms with Gasteiger partial charge in [-0.1, -0.05) is 0 Å². The summed E-state index contributed by atoms with van der Waals surface area (Å²) in [5, 5.41) is 1.85.